The van der Waals surface area contributed by atoms with Crippen LogP contribution in [0.1, 0.15) is 51.9 Å². The van der Waals surface area contributed by atoms with Gasteiger partial charge in [0.2, 0.25) is 0 Å². The third kappa shape index (κ3) is 4.11. The first kappa shape index (κ1) is 11.5. The summed E-state index contributed by atoms with van der Waals surface area (Å²) < 4.78 is 0. The van der Waals surface area contributed by atoms with Gasteiger partial charge in [0.25, 0.3) is 0 Å². The molecule has 1 aliphatic carbocycles. The summed E-state index contributed by atoms with van der Waals surface area (Å²) in [6, 6.07) is 2.91. The van der Waals surface area contributed by atoms with Crippen molar-refractivity contribution >= 4 is 0 Å². The molecule has 1 aliphatic rings. The molecule has 0 heterocycles. The van der Waals surface area contributed by atoms with Crippen molar-refractivity contribution in [1.29, 1.82) is 5.26 Å². The fraction of sp³-hybridized carbons (Fsp3) is 0.917. The van der Waals surface area contributed by atoms with E-state index in [1.54, 1.807) is 0 Å². The average molecular weight is 194 g/mol. The van der Waals surface area contributed by atoms with Crippen LogP contribution in [0.15, 0.2) is 0 Å². The Kier molecular flexibility index (Phi) is 5.63. The molecule has 1 saturated carbocycles. The van der Waals surface area contributed by atoms with Crippen molar-refractivity contribution in [2.75, 3.05) is 6.54 Å². The Bertz CT molecular complexity index is 175. The minimum atomic E-state index is 0.692. The van der Waals surface area contributed by atoms with Gasteiger partial charge in [0.15, 0.2) is 0 Å². The summed E-state index contributed by atoms with van der Waals surface area (Å²) in [7, 11) is 0. The van der Waals surface area contributed by atoms with Crippen molar-refractivity contribution in [2.24, 2.45) is 5.92 Å². The zero-order valence-corrected chi connectivity index (χ0v) is 9.26. The molecule has 0 aromatic heterocycles. The standard InChI is InChI=1S/C12H22N2/c1-2-11-5-7-12(8-6-11)14-10-4-3-9-13/h11-12,14H,2-8,10H2,1H3. The van der Waals surface area contributed by atoms with E-state index >= 15 is 0 Å². The molecule has 0 amide bonds. The van der Waals surface area contributed by atoms with Gasteiger partial charge in [0.1, 0.15) is 0 Å². The van der Waals surface area contributed by atoms with Crippen molar-refractivity contribution in [2.45, 2.75) is 57.9 Å². The van der Waals surface area contributed by atoms with Crippen LogP contribution < -0.4 is 5.32 Å². The fourth-order valence-electron chi connectivity index (χ4n) is 2.25. The van der Waals surface area contributed by atoms with E-state index in [0.29, 0.717) is 6.42 Å². The Hall–Kier alpha value is -0.550. The Balaban J connectivity index is 2.02. The number of hydrogen-bond donors (Lipinski definition) is 1. The maximum atomic E-state index is 8.39. The van der Waals surface area contributed by atoms with Crippen LogP contribution >= 0.6 is 0 Å². The van der Waals surface area contributed by atoms with Crippen LogP contribution in [0, 0.1) is 17.2 Å². The highest BCUT2D eigenvalue weighted by molar-refractivity contribution is 4.77. The first-order valence-corrected chi connectivity index (χ1v) is 5.97. The van der Waals surface area contributed by atoms with Crippen LogP contribution in [-0.4, -0.2) is 12.6 Å². The molecule has 0 atom stereocenters. The first-order valence-electron chi connectivity index (χ1n) is 5.97. The summed E-state index contributed by atoms with van der Waals surface area (Å²) in [5, 5.41) is 11.9. The van der Waals surface area contributed by atoms with Crippen LogP contribution in [0.25, 0.3) is 0 Å². The number of nitrogens with one attached hydrogen (secondary N) is 1. The van der Waals surface area contributed by atoms with Gasteiger partial charge < -0.3 is 5.32 Å². The van der Waals surface area contributed by atoms with E-state index in [0.717, 1.165) is 24.9 Å². The molecule has 0 aliphatic heterocycles. The second-order valence-electron chi connectivity index (χ2n) is 4.34. The molecule has 0 bridgehead atoms. The molecule has 0 saturated heterocycles. The summed E-state index contributed by atoms with van der Waals surface area (Å²) in [5.41, 5.74) is 0. The highest BCUT2D eigenvalue weighted by atomic mass is 14.9. The monoisotopic (exact) mass is 194 g/mol. The van der Waals surface area contributed by atoms with Crippen molar-refractivity contribution in [3.63, 3.8) is 0 Å². The predicted octanol–water partition coefficient (Wildman–Crippen LogP) is 2.85. The Morgan fingerprint density at radius 2 is 2.00 bits per heavy atom. The molecule has 0 radical (unpaired) electrons. The second kappa shape index (κ2) is 6.84. The van der Waals surface area contributed by atoms with Gasteiger partial charge in [-0.05, 0) is 44.6 Å². The quantitative estimate of drug-likeness (QED) is 0.683. The van der Waals surface area contributed by atoms with Crippen LogP contribution in [0.5, 0.6) is 0 Å². The van der Waals surface area contributed by atoms with Crippen LogP contribution in [0.3, 0.4) is 0 Å². The largest absolute Gasteiger partial charge is 0.314 e. The van der Waals surface area contributed by atoms with E-state index in [4.69, 9.17) is 5.26 Å². The molecule has 14 heavy (non-hydrogen) atoms. The lowest BCUT2D eigenvalue weighted by molar-refractivity contribution is 0.286. The maximum Gasteiger partial charge on any atom is 0.0622 e. The lowest BCUT2D eigenvalue weighted by Crippen LogP contribution is -2.33. The number of nitrogens with zero attached hydrogens (tertiary/aromatic N) is 1. The lowest BCUT2D eigenvalue weighted by atomic mass is 9.84. The number of unbranched alkanes of at least 4 members (excludes halogenated alkanes) is 1. The third-order valence-electron chi connectivity index (χ3n) is 3.32. The Morgan fingerprint density at radius 3 is 2.57 bits per heavy atom. The van der Waals surface area contributed by atoms with Crippen molar-refractivity contribution in [3.8, 4) is 6.07 Å². The lowest BCUT2D eigenvalue weighted by Gasteiger charge is -2.28. The van der Waals surface area contributed by atoms with Gasteiger partial charge in [-0.2, -0.15) is 5.26 Å². The van der Waals surface area contributed by atoms with Crippen LogP contribution in [-0.2, 0) is 0 Å². The highest BCUT2D eigenvalue weighted by Crippen LogP contribution is 2.26. The number of nitriles is 1. The van der Waals surface area contributed by atoms with Gasteiger partial charge in [-0.3, -0.25) is 0 Å². The molecule has 1 fully saturated rings. The zero-order valence-electron chi connectivity index (χ0n) is 9.26. The SMILES string of the molecule is CCC1CCC(NCCCC#N)CC1. The van der Waals surface area contributed by atoms with E-state index in [-0.39, 0.29) is 0 Å². The summed E-state index contributed by atoms with van der Waals surface area (Å²) in [4.78, 5) is 0. The van der Waals surface area contributed by atoms with Crippen molar-refractivity contribution < 1.29 is 0 Å². The van der Waals surface area contributed by atoms with Gasteiger partial charge >= 0.3 is 0 Å². The molecular formula is C12H22N2. The summed E-state index contributed by atoms with van der Waals surface area (Å²) in [6.45, 7) is 3.32. The second-order valence-corrected chi connectivity index (χ2v) is 4.34. The first-order chi connectivity index (χ1) is 6.86. The summed E-state index contributed by atoms with van der Waals surface area (Å²) >= 11 is 0. The Labute approximate surface area is 87.7 Å². The minimum absolute atomic E-state index is 0.692. The molecule has 0 aromatic carbocycles. The van der Waals surface area contributed by atoms with E-state index in [1.165, 1.54) is 32.1 Å². The average Bonchev–Trinajstić information content (AvgIpc) is 2.25. The maximum absolute atomic E-state index is 8.39. The van der Waals surface area contributed by atoms with Gasteiger partial charge in [0.05, 0.1) is 6.07 Å². The van der Waals surface area contributed by atoms with Gasteiger partial charge in [0, 0.05) is 12.5 Å². The van der Waals surface area contributed by atoms with E-state index in [1.807, 2.05) is 0 Å². The third-order valence-corrected chi connectivity index (χ3v) is 3.32. The van der Waals surface area contributed by atoms with Gasteiger partial charge in [-0.15, -0.1) is 0 Å². The predicted molar refractivity (Wildman–Crippen MR) is 58.9 cm³/mol. The van der Waals surface area contributed by atoms with Crippen LogP contribution in [0.4, 0.5) is 0 Å². The minimum Gasteiger partial charge on any atom is -0.314 e. The molecular weight excluding hydrogens is 172 g/mol. The molecule has 80 valence electrons. The number of rotatable bonds is 5. The molecule has 2 heteroatoms. The summed E-state index contributed by atoms with van der Waals surface area (Å²) in [5.74, 6) is 0.979. The van der Waals surface area contributed by atoms with Crippen molar-refractivity contribution in [1.82, 2.24) is 5.32 Å². The fourth-order valence-corrected chi connectivity index (χ4v) is 2.25. The zero-order chi connectivity index (χ0) is 10.2. The molecule has 0 aromatic rings. The van der Waals surface area contributed by atoms with Gasteiger partial charge in [-0.1, -0.05) is 13.3 Å². The highest BCUT2D eigenvalue weighted by Gasteiger charge is 2.18. The van der Waals surface area contributed by atoms with Gasteiger partial charge in [-0.25, -0.2) is 0 Å². The molecule has 1 rings (SSSR count). The Morgan fingerprint density at radius 1 is 1.29 bits per heavy atom. The number of hydrogen-bond acceptors (Lipinski definition) is 2. The summed E-state index contributed by atoms with van der Waals surface area (Å²) in [6.07, 6.45) is 8.51. The van der Waals surface area contributed by atoms with Crippen molar-refractivity contribution in [3.05, 3.63) is 0 Å². The van der Waals surface area contributed by atoms with E-state index in [2.05, 4.69) is 18.3 Å². The molecule has 1 N–H and O–H groups in total. The topological polar surface area (TPSA) is 35.8 Å². The smallest absolute Gasteiger partial charge is 0.0622 e. The molecule has 0 unspecified atom stereocenters. The normalized spacial score (nSPS) is 27.1. The molecule has 0 spiro atoms. The van der Waals surface area contributed by atoms with E-state index < -0.39 is 0 Å². The molecule has 2 nitrogen and oxygen atoms in total. The van der Waals surface area contributed by atoms with E-state index in [9.17, 15) is 0 Å². The van der Waals surface area contributed by atoms with Crippen LogP contribution in [0.2, 0.25) is 0 Å².